The maximum atomic E-state index is 13.7. The first kappa shape index (κ1) is 25.6. The van der Waals surface area contributed by atoms with Crippen molar-refractivity contribution in [3.8, 4) is 11.1 Å². The van der Waals surface area contributed by atoms with Crippen LogP contribution in [0.4, 0.5) is 13.2 Å². The molecule has 0 fully saturated rings. The van der Waals surface area contributed by atoms with Crippen molar-refractivity contribution in [2.45, 2.75) is 23.7 Å². The fourth-order valence-electron chi connectivity index (χ4n) is 4.71. The summed E-state index contributed by atoms with van der Waals surface area (Å²) in [5.41, 5.74) is 0.675. The lowest BCUT2D eigenvalue weighted by molar-refractivity contribution is -0.141. The molecule has 0 spiro atoms. The number of carboxylic acids is 1. The van der Waals surface area contributed by atoms with Gasteiger partial charge in [0.15, 0.2) is 0 Å². The van der Waals surface area contributed by atoms with E-state index in [0.29, 0.717) is 16.2 Å². The lowest BCUT2D eigenvalue weighted by Crippen LogP contribution is -2.41. The molecule has 190 valence electrons. The summed E-state index contributed by atoms with van der Waals surface area (Å²) in [7, 11) is 1.69. The molecule has 5 nitrogen and oxygen atoms in total. The van der Waals surface area contributed by atoms with Crippen LogP contribution in [0.25, 0.3) is 21.9 Å². The van der Waals surface area contributed by atoms with Gasteiger partial charge < -0.3 is 5.11 Å². The number of likely N-dealkylation sites (N-methyl/N-ethyl adjacent to an activating group) is 1. The van der Waals surface area contributed by atoms with Gasteiger partial charge >= 0.3 is 12.1 Å². The van der Waals surface area contributed by atoms with Crippen LogP contribution in [0.15, 0.2) is 81.0 Å². The van der Waals surface area contributed by atoms with E-state index in [-0.39, 0.29) is 23.0 Å². The minimum Gasteiger partial charge on any atom is -0.480 e. The normalized spacial score (nSPS) is 16.1. The monoisotopic (exact) mass is 588 g/mol. The smallest absolute Gasteiger partial charge is 0.416 e. The van der Waals surface area contributed by atoms with E-state index in [0.717, 1.165) is 40.4 Å². The lowest BCUT2D eigenvalue weighted by atomic mass is 9.93. The number of nitrogens with zero attached hydrogens (tertiary/aromatic N) is 2. The molecule has 2 heterocycles. The first-order valence-corrected chi connectivity index (χ1v) is 12.9. The number of fused-ring (bicyclic) bond motifs is 2. The van der Waals surface area contributed by atoms with E-state index in [1.54, 1.807) is 17.4 Å². The number of pyridine rings is 1. The van der Waals surface area contributed by atoms with E-state index in [1.807, 2.05) is 42.5 Å². The molecule has 0 saturated heterocycles. The SMILES string of the molecule is CN1CC(C(=O)O)n2c(c(-c3cccc(C(F)(F)F)c3)c(Cc3cccc4ccccc34)c(Br)c2=O)S1. The molecule has 1 N–H and O–H groups in total. The third-order valence-electron chi connectivity index (χ3n) is 6.40. The molecule has 4 aromatic rings. The van der Waals surface area contributed by atoms with E-state index in [2.05, 4.69) is 15.9 Å². The highest BCUT2D eigenvalue weighted by molar-refractivity contribution is 9.10. The van der Waals surface area contributed by atoms with Gasteiger partial charge in [0.25, 0.3) is 5.56 Å². The van der Waals surface area contributed by atoms with Gasteiger partial charge in [0.1, 0.15) is 11.1 Å². The Morgan fingerprint density at radius 1 is 1.11 bits per heavy atom. The van der Waals surface area contributed by atoms with Crippen molar-refractivity contribution >= 4 is 44.6 Å². The summed E-state index contributed by atoms with van der Waals surface area (Å²) in [5, 5.41) is 12.1. The van der Waals surface area contributed by atoms with Crippen LogP contribution >= 0.6 is 27.9 Å². The van der Waals surface area contributed by atoms with Gasteiger partial charge in [-0.3, -0.25) is 9.36 Å². The summed E-state index contributed by atoms with van der Waals surface area (Å²) in [4.78, 5) is 25.7. The van der Waals surface area contributed by atoms with Crippen molar-refractivity contribution in [2.75, 3.05) is 13.6 Å². The van der Waals surface area contributed by atoms with Gasteiger partial charge in [-0.05, 0) is 74.5 Å². The zero-order valence-corrected chi connectivity index (χ0v) is 21.8. The summed E-state index contributed by atoms with van der Waals surface area (Å²) in [5.74, 6) is -1.20. The fraction of sp³-hybridized carbons (Fsp3) is 0.185. The molecule has 0 saturated carbocycles. The average Bonchev–Trinajstić information content (AvgIpc) is 2.86. The van der Waals surface area contributed by atoms with Gasteiger partial charge in [-0.2, -0.15) is 13.2 Å². The highest BCUT2D eigenvalue weighted by Gasteiger charge is 2.36. The van der Waals surface area contributed by atoms with Crippen LogP contribution in [0.3, 0.4) is 0 Å². The second kappa shape index (κ2) is 9.66. The maximum Gasteiger partial charge on any atom is 0.416 e. The van der Waals surface area contributed by atoms with E-state index >= 15 is 0 Å². The summed E-state index contributed by atoms with van der Waals surface area (Å²) in [6, 6.07) is 17.2. The number of halogens is 4. The second-order valence-electron chi connectivity index (χ2n) is 8.80. The van der Waals surface area contributed by atoms with Gasteiger partial charge in [-0.1, -0.05) is 54.6 Å². The number of carboxylic acid groups (broad SMARTS) is 1. The zero-order chi connectivity index (χ0) is 26.5. The third kappa shape index (κ3) is 4.69. The Hall–Kier alpha value is -3.08. The van der Waals surface area contributed by atoms with E-state index in [9.17, 15) is 27.9 Å². The predicted molar refractivity (Wildman–Crippen MR) is 141 cm³/mol. The molecule has 0 bridgehead atoms. The van der Waals surface area contributed by atoms with Crippen LogP contribution in [0.5, 0.6) is 0 Å². The second-order valence-corrected chi connectivity index (χ2v) is 10.8. The van der Waals surface area contributed by atoms with Gasteiger partial charge in [-0.15, -0.1) is 0 Å². The van der Waals surface area contributed by atoms with Gasteiger partial charge in [0, 0.05) is 18.5 Å². The Morgan fingerprint density at radius 2 is 1.81 bits per heavy atom. The largest absolute Gasteiger partial charge is 0.480 e. The predicted octanol–water partition coefficient (Wildman–Crippen LogP) is 6.62. The maximum absolute atomic E-state index is 13.7. The molecular weight excluding hydrogens is 569 g/mol. The molecule has 1 aliphatic rings. The fourth-order valence-corrected chi connectivity index (χ4v) is 6.38. The number of hydrogen-bond acceptors (Lipinski definition) is 4. The van der Waals surface area contributed by atoms with E-state index in [1.165, 1.54) is 10.6 Å². The number of hydrogen-bond donors (Lipinski definition) is 1. The first-order valence-electron chi connectivity index (χ1n) is 11.3. The summed E-state index contributed by atoms with van der Waals surface area (Å²) >= 11 is 4.56. The van der Waals surface area contributed by atoms with Crippen molar-refractivity contribution in [1.29, 1.82) is 0 Å². The molecule has 3 aromatic carbocycles. The van der Waals surface area contributed by atoms with Gasteiger partial charge in [0.05, 0.1) is 10.0 Å². The Labute approximate surface area is 222 Å². The minimum atomic E-state index is -4.57. The summed E-state index contributed by atoms with van der Waals surface area (Å²) < 4.78 is 44.0. The summed E-state index contributed by atoms with van der Waals surface area (Å²) in [6.07, 6.45) is -4.32. The van der Waals surface area contributed by atoms with Crippen molar-refractivity contribution in [3.05, 3.63) is 98.2 Å². The molecule has 1 aromatic heterocycles. The minimum absolute atomic E-state index is 0.0596. The van der Waals surface area contributed by atoms with Crippen LogP contribution in [0.2, 0.25) is 0 Å². The van der Waals surface area contributed by atoms with Crippen molar-refractivity contribution in [1.82, 2.24) is 8.87 Å². The first-order chi connectivity index (χ1) is 17.6. The van der Waals surface area contributed by atoms with Crippen LogP contribution in [-0.2, 0) is 17.4 Å². The van der Waals surface area contributed by atoms with Crippen molar-refractivity contribution in [3.63, 3.8) is 0 Å². The molecule has 5 rings (SSSR count). The van der Waals surface area contributed by atoms with E-state index in [4.69, 9.17) is 0 Å². The number of aliphatic carboxylic acids is 1. The van der Waals surface area contributed by atoms with Crippen LogP contribution in [0.1, 0.15) is 22.7 Å². The molecule has 1 atom stereocenters. The number of alkyl halides is 3. The third-order valence-corrected chi connectivity index (χ3v) is 8.25. The molecule has 0 radical (unpaired) electrons. The topological polar surface area (TPSA) is 62.5 Å². The molecule has 0 aliphatic carbocycles. The Morgan fingerprint density at radius 3 is 2.54 bits per heavy atom. The summed E-state index contributed by atoms with van der Waals surface area (Å²) in [6.45, 7) is 0.0596. The van der Waals surface area contributed by atoms with Crippen LogP contribution < -0.4 is 5.56 Å². The Balaban J connectivity index is 1.84. The molecule has 1 aliphatic heterocycles. The number of benzene rings is 3. The molecular formula is C27H20BrF3N2O3S. The van der Waals surface area contributed by atoms with Crippen LogP contribution in [0, 0.1) is 0 Å². The average molecular weight is 589 g/mol. The molecule has 0 amide bonds. The highest BCUT2D eigenvalue weighted by atomic mass is 79.9. The standard InChI is InChI=1S/C27H20BrF3N2O3S/c1-32-14-21(26(35)36)33-24(34)23(28)20(13-16-8-4-7-15-6-2-3-11-19(15)16)22(25(33)37-32)17-9-5-10-18(12-17)27(29,30)31/h2-12,21H,13-14H2,1H3,(H,35,36). The molecule has 10 heteroatoms. The van der Waals surface area contributed by atoms with Crippen LogP contribution in [-0.4, -0.2) is 33.5 Å². The Bertz CT molecular complexity index is 1600. The van der Waals surface area contributed by atoms with E-state index < -0.39 is 29.3 Å². The quantitative estimate of drug-likeness (QED) is 0.271. The van der Waals surface area contributed by atoms with Crippen molar-refractivity contribution in [2.24, 2.45) is 0 Å². The highest BCUT2D eigenvalue weighted by Crippen LogP contribution is 2.43. The van der Waals surface area contributed by atoms with Gasteiger partial charge in [-0.25, -0.2) is 9.10 Å². The number of aromatic nitrogens is 1. The zero-order valence-electron chi connectivity index (χ0n) is 19.4. The van der Waals surface area contributed by atoms with Crippen molar-refractivity contribution < 1.29 is 23.1 Å². The lowest BCUT2D eigenvalue weighted by Gasteiger charge is -2.33. The molecule has 37 heavy (non-hydrogen) atoms. The molecule has 1 unspecified atom stereocenters. The Kier molecular flexibility index (Phi) is 6.68. The van der Waals surface area contributed by atoms with Gasteiger partial charge in [0.2, 0.25) is 0 Å². The number of carbonyl (C=O) groups is 1. The number of rotatable bonds is 4.